The van der Waals surface area contributed by atoms with E-state index in [2.05, 4.69) is 10.1 Å². The lowest BCUT2D eigenvalue weighted by Crippen LogP contribution is -1.86. The molecule has 2 aromatic heterocycles. The van der Waals surface area contributed by atoms with Crippen molar-refractivity contribution < 1.29 is 9.26 Å². The van der Waals surface area contributed by atoms with E-state index in [0.29, 0.717) is 17.5 Å². The molecule has 2 aromatic rings. The van der Waals surface area contributed by atoms with Gasteiger partial charge in [-0.3, -0.25) is 0 Å². The Morgan fingerprint density at radius 1 is 1.43 bits per heavy atom. The van der Waals surface area contributed by atoms with Crippen molar-refractivity contribution in [3.8, 4) is 17.2 Å². The maximum absolute atomic E-state index is 5.43. The van der Waals surface area contributed by atoms with E-state index in [0.717, 1.165) is 5.56 Å². The van der Waals surface area contributed by atoms with Crippen molar-refractivity contribution in [2.75, 3.05) is 12.8 Å². The molecule has 5 nitrogen and oxygen atoms in total. The normalized spacial score (nSPS) is 10.1. The average molecular weight is 191 g/mol. The largest absolute Gasteiger partial charge is 0.481 e. The van der Waals surface area contributed by atoms with Gasteiger partial charge >= 0.3 is 0 Å². The van der Waals surface area contributed by atoms with Gasteiger partial charge < -0.3 is 15.0 Å². The summed E-state index contributed by atoms with van der Waals surface area (Å²) in [7, 11) is 1.56. The van der Waals surface area contributed by atoms with Crippen molar-refractivity contribution in [1.29, 1.82) is 0 Å². The highest BCUT2D eigenvalue weighted by molar-refractivity contribution is 5.60. The molecule has 0 fully saturated rings. The first-order chi connectivity index (χ1) is 6.79. The standard InChI is InChI=1S/C9H9N3O2/c1-13-9-4-6(2-3-11-9)7-5-8(10)12-14-7/h2-5H,1H3,(H2,10,12). The third kappa shape index (κ3) is 1.52. The number of hydrogen-bond acceptors (Lipinski definition) is 5. The van der Waals surface area contributed by atoms with Gasteiger partial charge in [-0.2, -0.15) is 0 Å². The van der Waals surface area contributed by atoms with E-state index in [9.17, 15) is 0 Å². The average Bonchev–Trinajstić information content (AvgIpc) is 2.65. The van der Waals surface area contributed by atoms with Crippen LogP contribution in [0.25, 0.3) is 11.3 Å². The fourth-order valence-electron chi connectivity index (χ4n) is 1.10. The van der Waals surface area contributed by atoms with Crippen molar-refractivity contribution in [2.24, 2.45) is 0 Å². The Bertz CT molecular complexity index is 439. The Balaban J connectivity index is 2.41. The maximum Gasteiger partial charge on any atom is 0.213 e. The number of aromatic nitrogens is 2. The van der Waals surface area contributed by atoms with Gasteiger partial charge in [-0.1, -0.05) is 5.16 Å². The molecule has 14 heavy (non-hydrogen) atoms. The summed E-state index contributed by atoms with van der Waals surface area (Å²) in [4.78, 5) is 3.97. The molecule has 0 aromatic carbocycles. The van der Waals surface area contributed by atoms with E-state index >= 15 is 0 Å². The zero-order valence-electron chi connectivity index (χ0n) is 7.60. The predicted molar refractivity (Wildman–Crippen MR) is 50.7 cm³/mol. The van der Waals surface area contributed by atoms with E-state index in [4.69, 9.17) is 15.0 Å². The van der Waals surface area contributed by atoms with E-state index in [1.165, 1.54) is 0 Å². The van der Waals surface area contributed by atoms with E-state index in [1.807, 2.05) is 0 Å². The Kier molecular flexibility index (Phi) is 2.06. The Labute approximate surface area is 80.5 Å². The highest BCUT2D eigenvalue weighted by Crippen LogP contribution is 2.23. The van der Waals surface area contributed by atoms with Gasteiger partial charge in [-0.05, 0) is 6.07 Å². The Morgan fingerprint density at radius 2 is 2.29 bits per heavy atom. The van der Waals surface area contributed by atoms with Crippen LogP contribution in [0.4, 0.5) is 5.82 Å². The molecule has 0 aliphatic carbocycles. The van der Waals surface area contributed by atoms with Crippen LogP contribution in [0, 0.1) is 0 Å². The molecule has 5 heteroatoms. The minimum Gasteiger partial charge on any atom is -0.481 e. The molecule has 0 radical (unpaired) electrons. The van der Waals surface area contributed by atoms with Gasteiger partial charge in [-0.25, -0.2) is 4.98 Å². The van der Waals surface area contributed by atoms with Crippen molar-refractivity contribution in [3.63, 3.8) is 0 Å². The number of ether oxygens (including phenoxy) is 1. The second kappa shape index (κ2) is 3.37. The monoisotopic (exact) mass is 191 g/mol. The van der Waals surface area contributed by atoms with Crippen LogP contribution in [0.3, 0.4) is 0 Å². The summed E-state index contributed by atoms with van der Waals surface area (Å²) in [5, 5.41) is 3.59. The van der Waals surface area contributed by atoms with Crippen LogP contribution in [0.1, 0.15) is 0 Å². The first-order valence-corrected chi connectivity index (χ1v) is 4.02. The summed E-state index contributed by atoms with van der Waals surface area (Å²) >= 11 is 0. The maximum atomic E-state index is 5.43. The molecule has 0 unspecified atom stereocenters. The molecular weight excluding hydrogens is 182 g/mol. The molecule has 2 heterocycles. The predicted octanol–water partition coefficient (Wildman–Crippen LogP) is 1.33. The van der Waals surface area contributed by atoms with Crippen molar-refractivity contribution >= 4 is 5.82 Å². The Morgan fingerprint density at radius 3 is 2.93 bits per heavy atom. The zero-order valence-corrected chi connectivity index (χ0v) is 7.60. The third-order valence-electron chi connectivity index (χ3n) is 1.76. The zero-order chi connectivity index (χ0) is 9.97. The fraction of sp³-hybridized carbons (Fsp3) is 0.111. The summed E-state index contributed by atoms with van der Waals surface area (Å²) in [5.74, 6) is 1.48. The lowest BCUT2D eigenvalue weighted by Gasteiger charge is -1.98. The number of pyridine rings is 1. The smallest absolute Gasteiger partial charge is 0.213 e. The van der Waals surface area contributed by atoms with E-state index in [1.54, 1.807) is 31.5 Å². The van der Waals surface area contributed by atoms with E-state index < -0.39 is 0 Å². The topological polar surface area (TPSA) is 74.2 Å². The Hall–Kier alpha value is -2.04. The first kappa shape index (κ1) is 8.55. The van der Waals surface area contributed by atoms with Crippen molar-refractivity contribution in [3.05, 3.63) is 24.4 Å². The third-order valence-corrected chi connectivity index (χ3v) is 1.76. The van der Waals surface area contributed by atoms with Gasteiger partial charge in [0.15, 0.2) is 11.6 Å². The minimum absolute atomic E-state index is 0.357. The van der Waals surface area contributed by atoms with Crippen LogP contribution >= 0.6 is 0 Å². The highest BCUT2D eigenvalue weighted by atomic mass is 16.5. The summed E-state index contributed by atoms with van der Waals surface area (Å²) in [6.07, 6.45) is 1.63. The van der Waals surface area contributed by atoms with Gasteiger partial charge in [-0.15, -0.1) is 0 Å². The molecule has 0 bridgehead atoms. The van der Waals surface area contributed by atoms with Crippen LogP contribution in [-0.4, -0.2) is 17.3 Å². The van der Waals surface area contributed by atoms with Crippen LogP contribution in [0.5, 0.6) is 5.88 Å². The number of methoxy groups -OCH3 is 1. The second-order valence-electron chi connectivity index (χ2n) is 2.70. The number of nitrogens with zero attached hydrogens (tertiary/aromatic N) is 2. The molecular formula is C9H9N3O2. The van der Waals surface area contributed by atoms with Gasteiger partial charge in [0.25, 0.3) is 0 Å². The van der Waals surface area contributed by atoms with Gasteiger partial charge in [0.05, 0.1) is 7.11 Å². The fourth-order valence-corrected chi connectivity index (χ4v) is 1.10. The molecule has 2 rings (SSSR count). The molecule has 2 N–H and O–H groups in total. The number of rotatable bonds is 2. The van der Waals surface area contributed by atoms with Crippen LogP contribution < -0.4 is 10.5 Å². The molecule has 0 aliphatic rings. The molecule has 0 atom stereocenters. The lowest BCUT2D eigenvalue weighted by atomic mass is 10.2. The van der Waals surface area contributed by atoms with Crippen molar-refractivity contribution in [2.45, 2.75) is 0 Å². The number of hydrogen-bond donors (Lipinski definition) is 1. The molecule has 0 amide bonds. The molecule has 0 aliphatic heterocycles. The number of nitrogens with two attached hydrogens (primary N) is 1. The summed E-state index contributed by atoms with van der Waals surface area (Å²) in [6.45, 7) is 0. The molecule has 0 saturated heterocycles. The van der Waals surface area contributed by atoms with Gasteiger partial charge in [0, 0.05) is 23.9 Å². The van der Waals surface area contributed by atoms with Crippen LogP contribution in [0.2, 0.25) is 0 Å². The first-order valence-electron chi connectivity index (χ1n) is 4.02. The van der Waals surface area contributed by atoms with Crippen LogP contribution in [-0.2, 0) is 0 Å². The van der Waals surface area contributed by atoms with Gasteiger partial charge in [0.2, 0.25) is 5.88 Å². The van der Waals surface area contributed by atoms with Gasteiger partial charge in [0.1, 0.15) is 0 Å². The minimum atomic E-state index is 0.357. The molecule has 72 valence electrons. The molecule has 0 spiro atoms. The number of anilines is 1. The second-order valence-corrected chi connectivity index (χ2v) is 2.70. The lowest BCUT2D eigenvalue weighted by molar-refractivity contribution is 0.397. The summed E-state index contributed by atoms with van der Waals surface area (Å²) in [5.41, 5.74) is 6.27. The van der Waals surface area contributed by atoms with Crippen molar-refractivity contribution in [1.82, 2.24) is 10.1 Å². The molecule has 0 saturated carbocycles. The summed E-state index contributed by atoms with van der Waals surface area (Å²) < 4.78 is 9.97. The summed E-state index contributed by atoms with van der Waals surface area (Å²) in [6, 6.07) is 5.19. The quantitative estimate of drug-likeness (QED) is 0.775. The SMILES string of the molecule is COc1cc(-c2cc(N)no2)ccn1. The van der Waals surface area contributed by atoms with Crippen LogP contribution in [0.15, 0.2) is 28.9 Å². The highest BCUT2D eigenvalue weighted by Gasteiger charge is 2.05. The van der Waals surface area contributed by atoms with E-state index in [-0.39, 0.29) is 0 Å². The number of nitrogen functional groups attached to an aromatic ring is 1.